The molecule has 6 heteroatoms. The molecule has 0 radical (unpaired) electrons. The second-order valence-corrected chi connectivity index (χ2v) is 4.64. The van der Waals surface area contributed by atoms with Crippen LogP contribution in [0, 0.1) is 0 Å². The van der Waals surface area contributed by atoms with Crippen LogP contribution in [0.25, 0.3) is 16.9 Å². The van der Waals surface area contributed by atoms with Gasteiger partial charge in [-0.2, -0.15) is 4.68 Å². The highest BCUT2D eigenvalue weighted by atomic mass is 16.5. The van der Waals surface area contributed by atoms with Gasteiger partial charge in [0.2, 0.25) is 0 Å². The van der Waals surface area contributed by atoms with Crippen LogP contribution in [0.2, 0.25) is 0 Å². The van der Waals surface area contributed by atoms with Crippen LogP contribution in [-0.2, 0) is 0 Å². The molecule has 1 heterocycles. The number of nitrogen functional groups attached to an aromatic ring is 1. The summed E-state index contributed by atoms with van der Waals surface area (Å²) in [5.74, 6) is 1.72. The molecule has 0 fully saturated rings. The maximum atomic E-state index is 6.20. The zero-order chi connectivity index (χ0) is 15.5. The van der Waals surface area contributed by atoms with Gasteiger partial charge in [0, 0.05) is 11.6 Å². The fourth-order valence-corrected chi connectivity index (χ4v) is 2.24. The van der Waals surface area contributed by atoms with Crippen molar-refractivity contribution in [1.82, 2.24) is 15.0 Å². The molecule has 0 aliphatic carbocycles. The molecule has 3 rings (SSSR count). The molecule has 112 valence electrons. The summed E-state index contributed by atoms with van der Waals surface area (Å²) in [6, 6.07) is 15.2. The van der Waals surface area contributed by atoms with E-state index >= 15 is 0 Å². The Hall–Kier alpha value is -3.02. The molecule has 0 amide bonds. The van der Waals surface area contributed by atoms with Crippen molar-refractivity contribution < 1.29 is 9.47 Å². The molecule has 0 saturated heterocycles. The quantitative estimate of drug-likeness (QED) is 0.800. The SMILES string of the molecule is COc1ccc(-n2nnc(-c3ccccc3)c2N)cc1OC. The minimum absolute atomic E-state index is 0.471. The van der Waals surface area contributed by atoms with Gasteiger partial charge in [0.25, 0.3) is 0 Å². The topological polar surface area (TPSA) is 75.2 Å². The summed E-state index contributed by atoms with van der Waals surface area (Å²) in [7, 11) is 3.18. The Kier molecular flexibility index (Phi) is 3.65. The van der Waals surface area contributed by atoms with Crippen molar-refractivity contribution in [3.63, 3.8) is 0 Å². The van der Waals surface area contributed by atoms with Gasteiger partial charge in [-0.25, -0.2) is 0 Å². The first-order chi connectivity index (χ1) is 10.7. The highest BCUT2D eigenvalue weighted by Crippen LogP contribution is 2.31. The number of methoxy groups -OCH3 is 2. The Labute approximate surface area is 128 Å². The Morgan fingerprint density at radius 1 is 0.955 bits per heavy atom. The molecule has 2 aromatic carbocycles. The number of anilines is 1. The van der Waals surface area contributed by atoms with E-state index in [9.17, 15) is 0 Å². The third-order valence-corrected chi connectivity index (χ3v) is 3.36. The van der Waals surface area contributed by atoms with E-state index < -0.39 is 0 Å². The molecule has 0 atom stereocenters. The van der Waals surface area contributed by atoms with Crippen LogP contribution in [0.5, 0.6) is 11.5 Å². The van der Waals surface area contributed by atoms with Gasteiger partial charge in [0.1, 0.15) is 5.69 Å². The van der Waals surface area contributed by atoms with Gasteiger partial charge in [-0.3, -0.25) is 0 Å². The first-order valence-corrected chi connectivity index (χ1v) is 6.73. The number of benzene rings is 2. The molecule has 0 spiro atoms. The predicted molar refractivity (Wildman–Crippen MR) is 84.3 cm³/mol. The lowest BCUT2D eigenvalue weighted by molar-refractivity contribution is 0.354. The fraction of sp³-hybridized carbons (Fsp3) is 0.125. The maximum absolute atomic E-state index is 6.20. The van der Waals surface area contributed by atoms with Crippen molar-refractivity contribution in [2.24, 2.45) is 0 Å². The highest BCUT2D eigenvalue weighted by molar-refractivity contribution is 5.71. The van der Waals surface area contributed by atoms with Crippen molar-refractivity contribution in [2.45, 2.75) is 0 Å². The van der Waals surface area contributed by atoms with Crippen LogP contribution in [0.3, 0.4) is 0 Å². The molecular weight excluding hydrogens is 280 g/mol. The Morgan fingerprint density at radius 2 is 1.68 bits per heavy atom. The van der Waals surface area contributed by atoms with E-state index in [2.05, 4.69) is 10.3 Å². The van der Waals surface area contributed by atoms with Gasteiger partial charge in [-0.05, 0) is 12.1 Å². The van der Waals surface area contributed by atoms with Crippen molar-refractivity contribution in [2.75, 3.05) is 20.0 Å². The van der Waals surface area contributed by atoms with Gasteiger partial charge in [-0.1, -0.05) is 35.5 Å². The summed E-state index contributed by atoms with van der Waals surface area (Å²) in [5, 5.41) is 8.31. The lowest BCUT2D eigenvalue weighted by Crippen LogP contribution is -2.03. The first kappa shape index (κ1) is 13.9. The number of nitrogens with zero attached hydrogens (tertiary/aromatic N) is 3. The summed E-state index contributed by atoms with van der Waals surface area (Å²) >= 11 is 0. The van der Waals surface area contributed by atoms with E-state index in [1.165, 1.54) is 0 Å². The number of nitrogens with two attached hydrogens (primary N) is 1. The molecule has 0 aliphatic rings. The third kappa shape index (κ3) is 2.35. The van der Waals surface area contributed by atoms with Crippen LogP contribution < -0.4 is 15.2 Å². The average molecular weight is 296 g/mol. The van der Waals surface area contributed by atoms with Gasteiger partial charge in [0.15, 0.2) is 17.3 Å². The summed E-state index contributed by atoms with van der Waals surface area (Å²) in [5.41, 5.74) is 8.52. The number of hydrogen-bond acceptors (Lipinski definition) is 5. The lowest BCUT2D eigenvalue weighted by Gasteiger charge is -2.10. The van der Waals surface area contributed by atoms with Crippen molar-refractivity contribution in [3.05, 3.63) is 48.5 Å². The second-order valence-electron chi connectivity index (χ2n) is 4.64. The van der Waals surface area contributed by atoms with Crippen LogP contribution in [-0.4, -0.2) is 29.2 Å². The van der Waals surface area contributed by atoms with Crippen LogP contribution >= 0.6 is 0 Å². The third-order valence-electron chi connectivity index (χ3n) is 3.36. The zero-order valence-electron chi connectivity index (χ0n) is 12.4. The number of hydrogen-bond donors (Lipinski definition) is 1. The van der Waals surface area contributed by atoms with Gasteiger partial charge in [0.05, 0.1) is 19.9 Å². The first-order valence-electron chi connectivity index (χ1n) is 6.73. The molecule has 0 unspecified atom stereocenters. The summed E-state index contributed by atoms with van der Waals surface area (Å²) in [6.45, 7) is 0. The highest BCUT2D eigenvalue weighted by Gasteiger charge is 2.14. The largest absolute Gasteiger partial charge is 0.493 e. The molecule has 3 aromatic rings. The molecule has 0 saturated carbocycles. The number of ether oxygens (including phenoxy) is 2. The predicted octanol–water partition coefficient (Wildman–Crippen LogP) is 2.53. The van der Waals surface area contributed by atoms with E-state index in [0.717, 1.165) is 11.3 Å². The van der Waals surface area contributed by atoms with Crippen molar-refractivity contribution in [1.29, 1.82) is 0 Å². The zero-order valence-corrected chi connectivity index (χ0v) is 12.4. The molecule has 22 heavy (non-hydrogen) atoms. The Balaban J connectivity index is 2.05. The van der Waals surface area contributed by atoms with Crippen molar-refractivity contribution >= 4 is 5.82 Å². The fourth-order valence-electron chi connectivity index (χ4n) is 2.24. The molecule has 0 bridgehead atoms. The van der Waals surface area contributed by atoms with E-state index in [-0.39, 0.29) is 0 Å². The van der Waals surface area contributed by atoms with E-state index in [0.29, 0.717) is 23.0 Å². The van der Waals surface area contributed by atoms with E-state index in [4.69, 9.17) is 15.2 Å². The number of rotatable bonds is 4. The molecule has 1 aromatic heterocycles. The number of aromatic nitrogens is 3. The summed E-state index contributed by atoms with van der Waals surface area (Å²) < 4.78 is 12.1. The molecule has 0 aliphatic heterocycles. The molecule has 2 N–H and O–H groups in total. The second kappa shape index (κ2) is 5.77. The average Bonchev–Trinajstić information content (AvgIpc) is 2.96. The van der Waals surface area contributed by atoms with Crippen LogP contribution in [0.1, 0.15) is 0 Å². The maximum Gasteiger partial charge on any atom is 0.162 e. The lowest BCUT2D eigenvalue weighted by atomic mass is 10.1. The summed E-state index contributed by atoms with van der Waals surface area (Å²) in [4.78, 5) is 0. The van der Waals surface area contributed by atoms with Crippen LogP contribution in [0.15, 0.2) is 48.5 Å². The Bertz CT molecular complexity index is 784. The van der Waals surface area contributed by atoms with Gasteiger partial charge in [-0.15, -0.1) is 5.10 Å². The van der Waals surface area contributed by atoms with Crippen molar-refractivity contribution in [3.8, 4) is 28.4 Å². The normalized spacial score (nSPS) is 10.5. The molecular formula is C16H16N4O2. The Morgan fingerprint density at radius 3 is 2.36 bits per heavy atom. The minimum atomic E-state index is 0.471. The summed E-state index contributed by atoms with van der Waals surface area (Å²) in [6.07, 6.45) is 0. The molecule has 6 nitrogen and oxygen atoms in total. The smallest absolute Gasteiger partial charge is 0.162 e. The van der Waals surface area contributed by atoms with Gasteiger partial charge >= 0.3 is 0 Å². The monoisotopic (exact) mass is 296 g/mol. The van der Waals surface area contributed by atoms with Gasteiger partial charge < -0.3 is 15.2 Å². The van der Waals surface area contributed by atoms with E-state index in [1.54, 1.807) is 31.0 Å². The minimum Gasteiger partial charge on any atom is -0.493 e. The standard InChI is InChI=1S/C16H16N4O2/c1-21-13-9-8-12(10-14(13)22-2)20-16(17)15(18-19-20)11-6-4-3-5-7-11/h3-10H,17H2,1-2H3. The van der Waals surface area contributed by atoms with Crippen LogP contribution in [0.4, 0.5) is 5.82 Å². The van der Waals surface area contributed by atoms with E-state index in [1.807, 2.05) is 36.4 Å².